The maximum atomic E-state index is 12.8. The maximum absolute atomic E-state index is 12.8. The molecule has 2 fully saturated rings. The van der Waals surface area contributed by atoms with Gasteiger partial charge in [-0.25, -0.2) is 13.1 Å². The zero-order chi connectivity index (χ0) is 17.3. The SMILES string of the molecule is CC1NCCN(C(=O)c2cccc(S(=O)(=O)NCC3CC3)c2)C1C. The molecule has 0 radical (unpaired) electrons. The number of nitrogens with zero attached hydrogens (tertiary/aromatic N) is 1. The van der Waals surface area contributed by atoms with E-state index in [2.05, 4.69) is 10.0 Å². The first-order valence-electron chi connectivity index (χ1n) is 8.52. The zero-order valence-corrected chi connectivity index (χ0v) is 15.0. The van der Waals surface area contributed by atoms with Gasteiger partial charge >= 0.3 is 0 Å². The minimum absolute atomic E-state index is 0.0690. The summed E-state index contributed by atoms with van der Waals surface area (Å²) in [6.45, 7) is 5.91. The van der Waals surface area contributed by atoms with Crippen LogP contribution < -0.4 is 10.0 Å². The lowest BCUT2D eigenvalue weighted by atomic mass is 10.1. The Morgan fingerprint density at radius 1 is 1.33 bits per heavy atom. The average molecular weight is 351 g/mol. The lowest BCUT2D eigenvalue weighted by molar-refractivity contribution is 0.0602. The monoisotopic (exact) mass is 351 g/mol. The predicted octanol–water partition coefficient (Wildman–Crippen LogP) is 1.20. The summed E-state index contributed by atoms with van der Waals surface area (Å²) in [5.41, 5.74) is 0.422. The van der Waals surface area contributed by atoms with Crippen LogP contribution in [0, 0.1) is 5.92 Å². The minimum atomic E-state index is -3.56. The van der Waals surface area contributed by atoms with Gasteiger partial charge in [-0.15, -0.1) is 0 Å². The number of rotatable bonds is 5. The third kappa shape index (κ3) is 3.79. The van der Waals surface area contributed by atoms with Crippen LogP contribution in [-0.4, -0.2) is 50.9 Å². The molecule has 1 amide bonds. The van der Waals surface area contributed by atoms with Gasteiger partial charge in [-0.05, 0) is 50.8 Å². The highest BCUT2D eigenvalue weighted by atomic mass is 32.2. The summed E-state index contributed by atoms with van der Waals surface area (Å²) >= 11 is 0. The van der Waals surface area contributed by atoms with Crippen molar-refractivity contribution in [1.29, 1.82) is 0 Å². The van der Waals surface area contributed by atoms with Crippen LogP contribution >= 0.6 is 0 Å². The number of hydrogen-bond acceptors (Lipinski definition) is 4. The number of sulfonamides is 1. The number of carbonyl (C=O) groups is 1. The van der Waals surface area contributed by atoms with Crippen LogP contribution in [0.15, 0.2) is 29.2 Å². The van der Waals surface area contributed by atoms with Gasteiger partial charge in [0.1, 0.15) is 0 Å². The molecule has 1 aromatic rings. The van der Waals surface area contributed by atoms with Crippen molar-refractivity contribution in [2.45, 2.75) is 43.7 Å². The first-order valence-corrected chi connectivity index (χ1v) is 10.0. The highest BCUT2D eigenvalue weighted by molar-refractivity contribution is 7.89. The molecule has 7 heteroatoms. The van der Waals surface area contributed by atoms with Crippen LogP contribution in [0.3, 0.4) is 0 Å². The topological polar surface area (TPSA) is 78.5 Å². The molecule has 1 aliphatic heterocycles. The smallest absolute Gasteiger partial charge is 0.254 e. The highest BCUT2D eigenvalue weighted by Crippen LogP contribution is 2.28. The Kier molecular flexibility index (Phi) is 4.94. The Hall–Kier alpha value is -1.44. The Bertz CT molecular complexity index is 716. The second-order valence-electron chi connectivity index (χ2n) is 6.81. The maximum Gasteiger partial charge on any atom is 0.254 e. The standard InChI is InChI=1S/C17H25N3O3S/c1-12-13(2)20(9-8-18-12)17(21)15-4-3-5-16(10-15)24(22,23)19-11-14-6-7-14/h3-5,10,12-14,18-19H,6-9,11H2,1-2H3. The number of carbonyl (C=O) groups excluding carboxylic acids is 1. The number of hydrogen-bond donors (Lipinski definition) is 2. The lowest BCUT2D eigenvalue weighted by Gasteiger charge is -2.38. The molecule has 1 aliphatic carbocycles. The molecule has 1 saturated heterocycles. The number of piperazine rings is 1. The fourth-order valence-electron chi connectivity index (χ4n) is 2.94. The summed E-state index contributed by atoms with van der Waals surface area (Å²) in [5, 5.41) is 3.34. The van der Waals surface area contributed by atoms with Crippen LogP contribution in [0.4, 0.5) is 0 Å². The Morgan fingerprint density at radius 3 is 2.79 bits per heavy atom. The van der Waals surface area contributed by atoms with Crippen LogP contribution in [0.2, 0.25) is 0 Å². The van der Waals surface area contributed by atoms with Gasteiger partial charge in [0.2, 0.25) is 10.0 Å². The van der Waals surface area contributed by atoms with E-state index in [4.69, 9.17) is 0 Å². The molecule has 0 bridgehead atoms. The van der Waals surface area contributed by atoms with E-state index in [1.54, 1.807) is 12.1 Å². The Balaban J connectivity index is 1.77. The molecule has 1 aromatic carbocycles. The fourth-order valence-corrected chi connectivity index (χ4v) is 4.10. The van der Waals surface area contributed by atoms with E-state index in [0.717, 1.165) is 19.4 Å². The van der Waals surface area contributed by atoms with Gasteiger partial charge in [-0.2, -0.15) is 0 Å². The van der Waals surface area contributed by atoms with E-state index in [0.29, 0.717) is 24.6 Å². The molecule has 0 aromatic heterocycles. The minimum Gasteiger partial charge on any atom is -0.333 e. The van der Waals surface area contributed by atoms with E-state index in [9.17, 15) is 13.2 Å². The van der Waals surface area contributed by atoms with E-state index in [1.165, 1.54) is 12.1 Å². The van der Waals surface area contributed by atoms with Crippen molar-refractivity contribution in [1.82, 2.24) is 14.9 Å². The summed E-state index contributed by atoms with van der Waals surface area (Å²) in [6.07, 6.45) is 2.17. The third-order valence-corrected chi connectivity index (χ3v) is 6.37. The normalized spacial score (nSPS) is 24.8. The summed E-state index contributed by atoms with van der Waals surface area (Å²) in [7, 11) is -3.56. The molecule has 2 aliphatic rings. The van der Waals surface area contributed by atoms with Crippen molar-refractivity contribution in [3.05, 3.63) is 29.8 Å². The van der Waals surface area contributed by atoms with Gasteiger partial charge in [0.25, 0.3) is 5.91 Å². The second kappa shape index (κ2) is 6.82. The first kappa shape index (κ1) is 17.4. The van der Waals surface area contributed by atoms with Crippen LogP contribution in [0.25, 0.3) is 0 Å². The van der Waals surface area contributed by atoms with Crippen LogP contribution in [0.5, 0.6) is 0 Å². The average Bonchev–Trinajstić information content (AvgIpc) is 3.40. The Morgan fingerprint density at radius 2 is 2.08 bits per heavy atom. The largest absolute Gasteiger partial charge is 0.333 e. The van der Waals surface area contributed by atoms with Crippen molar-refractivity contribution >= 4 is 15.9 Å². The number of benzene rings is 1. The summed E-state index contributed by atoms with van der Waals surface area (Å²) in [6, 6.07) is 6.62. The van der Waals surface area contributed by atoms with Crippen molar-refractivity contribution in [3.63, 3.8) is 0 Å². The van der Waals surface area contributed by atoms with E-state index in [-0.39, 0.29) is 22.9 Å². The molecule has 2 atom stereocenters. The molecule has 2 N–H and O–H groups in total. The second-order valence-corrected chi connectivity index (χ2v) is 8.57. The molecule has 1 saturated carbocycles. The van der Waals surface area contributed by atoms with Gasteiger partial charge in [0.05, 0.1) is 4.90 Å². The molecular weight excluding hydrogens is 326 g/mol. The lowest BCUT2D eigenvalue weighted by Crippen LogP contribution is -2.57. The van der Waals surface area contributed by atoms with Gasteiger partial charge in [0, 0.05) is 37.3 Å². The summed E-state index contributed by atoms with van der Waals surface area (Å²) in [5.74, 6) is 0.350. The third-order valence-electron chi connectivity index (χ3n) is 4.95. The predicted molar refractivity (Wildman–Crippen MR) is 92.3 cm³/mol. The zero-order valence-electron chi connectivity index (χ0n) is 14.2. The van der Waals surface area contributed by atoms with E-state index < -0.39 is 10.0 Å². The van der Waals surface area contributed by atoms with Crippen molar-refractivity contribution < 1.29 is 13.2 Å². The molecule has 6 nitrogen and oxygen atoms in total. The Labute approximate surface area is 143 Å². The number of amides is 1. The molecule has 2 unspecified atom stereocenters. The van der Waals surface area contributed by atoms with Crippen molar-refractivity contribution in [3.8, 4) is 0 Å². The highest BCUT2D eigenvalue weighted by Gasteiger charge is 2.29. The van der Waals surface area contributed by atoms with Crippen molar-refractivity contribution in [2.75, 3.05) is 19.6 Å². The van der Waals surface area contributed by atoms with Gasteiger partial charge in [-0.3, -0.25) is 4.79 Å². The van der Waals surface area contributed by atoms with Gasteiger partial charge < -0.3 is 10.2 Å². The van der Waals surface area contributed by atoms with E-state index >= 15 is 0 Å². The van der Waals surface area contributed by atoms with Crippen LogP contribution in [0.1, 0.15) is 37.0 Å². The fraction of sp³-hybridized carbons (Fsp3) is 0.588. The molecule has 132 valence electrons. The molecule has 24 heavy (non-hydrogen) atoms. The summed E-state index contributed by atoms with van der Waals surface area (Å²) < 4.78 is 27.4. The molecule has 0 spiro atoms. The van der Waals surface area contributed by atoms with Gasteiger partial charge in [-0.1, -0.05) is 6.07 Å². The quantitative estimate of drug-likeness (QED) is 0.835. The van der Waals surface area contributed by atoms with Crippen LogP contribution in [-0.2, 0) is 10.0 Å². The molecule has 1 heterocycles. The van der Waals surface area contributed by atoms with Crippen molar-refractivity contribution in [2.24, 2.45) is 5.92 Å². The van der Waals surface area contributed by atoms with E-state index in [1.807, 2.05) is 18.7 Å². The summed E-state index contributed by atoms with van der Waals surface area (Å²) in [4.78, 5) is 14.8. The first-order chi connectivity index (χ1) is 11.4. The van der Waals surface area contributed by atoms with Gasteiger partial charge in [0.15, 0.2) is 0 Å². The molecular formula is C17H25N3O3S. The number of nitrogens with one attached hydrogen (secondary N) is 2. The molecule has 3 rings (SSSR count).